The maximum absolute atomic E-state index is 16.5. The molecule has 3 aromatic carbocycles. The molecule has 0 bridgehead atoms. The zero-order valence-electron chi connectivity index (χ0n) is 33.8. The van der Waals surface area contributed by atoms with E-state index in [1.807, 2.05) is 26.0 Å². The van der Waals surface area contributed by atoms with E-state index in [9.17, 15) is 27.9 Å². The smallest absolute Gasteiger partial charge is 0.425 e. The number of sulfone groups is 1. The van der Waals surface area contributed by atoms with E-state index in [2.05, 4.69) is 10.3 Å². The predicted molar refractivity (Wildman–Crippen MR) is 217 cm³/mol. The van der Waals surface area contributed by atoms with Crippen LogP contribution >= 0.6 is 0 Å². The molecule has 3 amide bonds. The standard InChI is InChI=1S/C42H52FN5O8S/c1-24-18-27(10-14-32(24)25(2)23-49)36(38(50)47(9)22-28-19-29(44)11-15-34(28)57(53,54)31-12-13-31)46-30-20-26-16-17-45-37(35(26)33(43)21-30)48(39(51)55-41(3,4)5)40(52)56-42(6,7)8/h10-11,14-21,25,31,36,46,49H,12-13,22-23,44H2,1-9H3/t25-,36?/m0/s1. The predicted octanol–water partition coefficient (Wildman–Crippen LogP) is 7.78. The highest BCUT2D eigenvalue weighted by atomic mass is 32.2. The lowest BCUT2D eigenvalue weighted by atomic mass is 9.93. The van der Waals surface area contributed by atoms with Crippen LogP contribution in [0.1, 0.15) is 95.5 Å². The van der Waals surface area contributed by atoms with Gasteiger partial charge < -0.3 is 30.5 Å². The van der Waals surface area contributed by atoms with E-state index < -0.39 is 56.2 Å². The molecule has 1 fully saturated rings. The molecule has 13 nitrogen and oxygen atoms in total. The molecule has 1 heterocycles. The van der Waals surface area contributed by atoms with Crippen molar-refractivity contribution in [2.45, 2.75) is 108 Å². The molecular weight excluding hydrogens is 754 g/mol. The van der Waals surface area contributed by atoms with Crippen LogP contribution in [0.4, 0.5) is 31.2 Å². The number of imide groups is 1. The lowest BCUT2D eigenvalue weighted by Gasteiger charge is -2.29. The summed E-state index contributed by atoms with van der Waals surface area (Å²) in [6, 6.07) is 13.0. The number of aromatic nitrogens is 1. The minimum atomic E-state index is -3.63. The molecule has 306 valence electrons. The normalized spacial score (nSPS) is 14.4. The number of fused-ring (bicyclic) bond motifs is 1. The first-order valence-corrected chi connectivity index (χ1v) is 20.2. The number of ether oxygens (including phenoxy) is 2. The Morgan fingerprint density at radius 3 is 2.18 bits per heavy atom. The fourth-order valence-electron chi connectivity index (χ4n) is 6.46. The van der Waals surface area contributed by atoms with Gasteiger partial charge in [-0.3, -0.25) is 4.79 Å². The van der Waals surface area contributed by atoms with E-state index in [4.69, 9.17) is 15.2 Å². The van der Waals surface area contributed by atoms with Crippen molar-refractivity contribution in [2.75, 3.05) is 29.6 Å². The van der Waals surface area contributed by atoms with Crippen molar-refractivity contribution < 1.29 is 41.8 Å². The summed E-state index contributed by atoms with van der Waals surface area (Å²) in [5, 5.41) is 12.6. The van der Waals surface area contributed by atoms with E-state index in [0.717, 1.165) is 17.2 Å². The van der Waals surface area contributed by atoms with E-state index in [-0.39, 0.29) is 46.2 Å². The van der Waals surface area contributed by atoms with Crippen molar-refractivity contribution in [1.82, 2.24) is 9.88 Å². The van der Waals surface area contributed by atoms with Gasteiger partial charge in [-0.15, -0.1) is 0 Å². The van der Waals surface area contributed by atoms with Crippen molar-refractivity contribution in [3.8, 4) is 0 Å². The van der Waals surface area contributed by atoms with Crippen LogP contribution in [0.3, 0.4) is 0 Å². The number of anilines is 3. The largest absolute Gasteiger partial charge is 0.443 e. The monoisotopic (exact) mass is 805 g/mol. The van der Waals surface area contributed by atoms with Gasteiger partial charge in [0.2, 0.25) is 5.91 Å². The van der Waals surface area contributed by atoms with Crippen LogP contribution in [0.5, 0.6) is 0 Å². The second-order valence-electron chi connectivity index (χ2n) is 16.6. The Bertz CT molecular complexity index is 2270. The number of amides is 3. The molecule has 0 saturated heterocycles. The number of carbonyl (C=O) groups excluding carboxylic acids is 3. The number of nitrogens with two attached hydrogens (primary N) is 1. The van der Waals surface area contributed by atoms with Gasteiger partial charge in [0.1, 0.15) is 23.1 Å². The molecule has 0 aliphatic heterocycles. The Balaban J connectivity index is 1.57. The molecule has 1 aromatic heterocycles. The number of rotatable bonds is 11. The van der Waals surface area contributed by atoms with Crippen molar-refractivity contribution in [2.24, 2.45) is 0 Å². The third-order valence-corrected chi connectivity index (χ3v) is 11.6. The van der Waals surface area contributed by atoms with Gasteiger partial charge >= 0.3 is 12.2 Å². The summed E-state index contributed by atoms with van der Waals surface area (Å²) >= 11 is 0. The number of carbonyl (C=O) groups is 3. The number of hydrogen-bond acceptors (Lipinski definition) is 11. The molecular formula is C42H52FN5O8S. The molecule has 4 aromatic rings. The van der Waals surface area contributed by atoms with Crippen LogP contribution in [-0.2, 0) is 30.7 Å². The molecule has 15 heteroatoms. The summed E-state index contributed by atoms with van der Waals surface area (Å²) in [7, 11) is -2.08. The van der Waals surface area contributed by atoms with E-state index >= 15 is 4.39 Å². The van der Waals surface area contributed by atoms with Gasteiger partial charge in [0, 0.05) is 43.7 Å². The molecule has 5 rings (SSSR count). The Labute approximate surface area is 333 Å². The van der Waals surface area contributed by atoms with Gasteiger partial charge in [-0.2, -0.15) is 4.90 Å². The summed E-state index contributed by atoms with van der Waals surface area (Å²) in [5.41, 5.74) is 7.17. The molecule has 2 atom stereocenters. The van der Waals surface area contributed by atoms with Crippen LogP contribution in [0.25, 0.3) is 10.8 Å². The number of aryl methyl sites for hydroxylation is 1. The SMILES string of the molecule is Cc1cc(C(Nc2cc(F)c3c(N(C(=O)OC(C)(C)C)C(=O)OC(C)(C)C)nccc3c2)C(=O)N(C)Cc2cc(N)ccc2S(=O)(=O)C2CC2)ccc1[C@@H](C)CO. The fraction of sp³-hybridized carbons (Fsp3) is 0.429. The van der Waals surface area contributed by atoms with Crippen molar-refractivity contribution in [1.29, 1.82) is 0 Å². The Kier molecular flexibility index (Phi) is 12.3. The Morgan fingerprint density at radius 2 is 1.61 bits per heavy atom. The third-order valence-electron chi connectivity index (χ3n) is 9.29. The second kappa shape index (κ2) is 16.3. The molecule has 0 spiro atoms. The minimum Gasteiger partial charge on any atom is -0.443 e. The zero-order chi connectivity index (χ0) is 42.2. The highest BCUT2D eigenvalue weighted by Crippen LogP contribution is 2.37. The maximum atomic E-state index is 16.5. The number of aliphatic hydroxyl groups is 1. The summed E-state index contributed by atoms with van der Waals surface area (Å²) in [5.74, 6) is -1.85. The summed E-state index contributed by atoms with van der Waals surface area (Å²) in [4.78, 5) is 47.7. The highest BCUT2D eigenvalue weighted by molar-refractivity contribution is 7.92. The van der Waals surface area contributed by atoms with Crippen molar-refractivity contribution in [3.05, 3.63) is 88.9 Å². The van der Waals surface area contributed by atoms with Crippen LogP contribution in [0.15, 0.2) is 65.7 Å². The van der Waals surface area contributed by atoms with Gasteiger partial charge in [0.15, 0.2) is 15.7 Å². The van der Waals surface area contributed by atoms with Crippen LogP contribution in [-0.4, -0.2) is 71.6 Å². The first-order valence-electron chi connectivity index (χ1n) is 18.7. The third kappa shape index (κ3) is 10.0. The Hall–Kier alpha value is -5.28. The number of likely N-dealkylation sites (N-methyl/N-ethyl adjacent to an activating group) is 1. The molecule has 1 saturated carbocycles. The van der Waals surface area contributed by atoms with Gasteiger partial charge in [-0.1, -0.05) is 25.1 Å². The molecule has 1 unspecified atom stereocenters. The number of nitrogen functional groups attached to an aromatic ring is 1. The second-order valence-corrected chi connectivity index (χ2v) is 18.8. The average Bonchev–Trinajstić information content (AvgIpc) is 3.95. The topological polar surface area (TPSA) is 181 Å². The summed E-state index contributed by atoms with van der Waals surface area (Å²) in [6.45, 7) is 13.3. The minimum absolute atomic E-state index is 0.0810. The van der Waals surface area contributed by atoms with E-state index in [1.54, 1.807) is 66.8 Å². The number of benzene rings is 3. The molecule has 57 heavy (non-hydrogen) atoms. The van der Waals surface area contributed by atoms with Gasteiger partial charge in [0.05, 0.1) is 15.5 Å². The lowest BCUT2D eigenvalue weighted by molar-refractivity contribution is -0.131. The number of hydrogen-bond donors (Lipinski definition) is 3. The quantitative estimate of drug-likeness (QED) is 0.126. The first kappa shape index (κ1) is 42.9. The molecule has 1 aliphatic rings. The molecule has 4 N–H and O–H groups in total. The van der Waals surface area contributed by atoms with Gasteiger partial charge in [-0.25, -0.2) is 27.4 Å². The number of nitrogens with one attached hydrogen (secondary N) is 1. The van der Waals surface area contributed by atoms with E-state index in [1.165, 1.54) is 29.3 Å². The molecule has 1 aliphatic carbocycles. The lowest BCUT2D eigenvalue weighted by Crippen LogP contribution is -2.44. The first-order chi connectivity index (χ1) is 26.5. The van der Waals surface area contributed by atoms with Crippen molar-refractivity contribution in [3.63, 3.8) is 0 Å². The van der Waals surface area contributed by atoms with Gasteiger partial charge in [-0.05, 0) is 125 Å². The number of nitrogens with zero attached hydrogens (tertiary/aromatic N) is 3. The summed E-state index contributed by atoms with van der Waals surface area (Å²) < 4.78 is 54.2. The van der Waals surface area contributed by atoms with Crippen LogP contribution < -0.4 is 16.0 Å². The number of halogens is 1. The fourth-order valence-corrected chi connectivity index (χ4v) is 8.32. The zero-order valence-corrected chi connectivity index (χ0v) is 34.7. The van der Waals surface area contributed by atoms with Crippen LogP contribution in [0, 0.1) is 12.7 Å². The van der Waals surface area contributed by atoms with Crippen LogP contribution in [0.2, 0.25) is 0 Å². The number of aliphatic hydroxyl groups excluding tert-OH is 1. The highest BCUT2D eigenvalue weighted by Gasteiger charge is 2.39. The average molecular weight is 806 g/mol. The Morgan fingerprint density at radius 1 is 0.982 bits per heavy atom. The van der Waals surface area contributed by atoms with E-state index in [0.29, 0.717) is 34.6 Å². The van der Waals surface area contributed by atoms with Crippen molar-refractivity contribution >= 4 is 55.9 Å². The molecule has 0 radical (unpaired) electrons. The maximum Gasteiger partial charge on any atom is 0.425 e. The van der Waals surface area contributed by atoms with Gasteiger partial charge in [0.25, 0.3) is 0 Å². The number of pyridine rings is 1. The summed E-state index contributed by atoms with van der Waals surface area (Å²) in [6.07, 6.45) is 0.209.